The molecule has 0 saturated carbocycles. The number of rotatable bonds is 5. The molecule has 0 bridgehead atoms. The smallest absolute Gasteiger partial charge is 0.285 e. The topological polar surface area (TPSA) is 91.6 Å². The molecule has 2 aromatic rings. The van der Waals surface area contributed by atoms with E-state index in [4.69, 9.17) is 4.74 Å². The van der Waals surface area contributed by atoms with Crippen molar-refractivity contribution in [1.82, 2.24) is 5.01 Å². The summed E-state index contributed by atoms with van der Waals surface area (Å²) in [5.41, 5.74) is 1.15. The van der Waals surface area contributed by atoms with Crippen molar-refractivity contribution in [3.8, 4) is 5.75 Å². The van der Waals surface area contributed by atoms with Gasteiger partial charge in [0.15, 0.2) is 5.84 Å². The lowest BCUT2D eigenvalue weighted by Gasteiger charge is -2.17. The van der Waals surface area contributed by atoms with E-state index in [1.807, 2.05) is 12.1 Å². The standard InChI is InChI=1S/C17H16BrN3O4S/c1-25-15-7-6-13(18)10-12(15)11-19-21(8-9-22)17-14-4-2-3-5-16(14)26(23,24)20-17/h2-7,10-11,22H,8-9H2,1H3/b19-11+. The summed E-state index contributed by atoms with van der Waals surface area (Å²) in [6, 6.07) is 12.0. The van der Waals surface area contributed by atoms with Crippen LogP contribution >= 0.6 is 15.9 Å². The molecule has 9 heteroatoms. The van der Waals surface area contributed by atoms with E-state index in [0.29, 0.717) is 16.9 Å². The third-order valence-electron chi connectivity index (χ3n) is 3.70. The van der Waals surface area contributed by atoms with Gasteiger partial charge >= 0.3 is 0 Å². The molecule has 3 rings (SSSR count). The number of fused-ring (bicyclic) bond motifs is 1. The van der Waals surface area contributed by atoms with E-state index in [1.165, 1.54) is 17.3 Å². The second-order valence-corrected chi connectivity index (χ2v) is 7.85. The van der Waals surface area contributed by atoms with Crippen LogP contribution in [0.3, 0.4) is 0 Å². The van der Waals surface area contributed by atoms with Gasteiger partial charge in [-0.2, -0.15) is 13.5 Å². The Bertz CT molecular complexity index is 989. The summed E-state index contributed by atoms with van der Waals surface area (Å²) < 4.78 is 34.5. The highest BCUT2D eigenvalue weighted by atomic mass is 79.9. The Balaban J connectivity index is 2.01. The summed E-state index contributed by atoms with van der Waals surface area (Å²) in [6.45, 7) is -0.121. The van der Waals surface area contributed by atoms with E-state index >= 15 is 0 Å². The lowest BCUT2D eigenvalue weighted by Crippen LogP contribution is -2.28. The number of nitrogens with zero attached hydrogens (tertiary/aromatic N) is 3. The van der Waals surface area contributed by atoms with Crippen LogP contribution in [0.5, 0.6) is 5.75 Å². The number of amidine groups is 1. The number of aliphatic hydroxyl groups is 1. The lowest BCUT2D eigenvalue weighted by atomic mass is 10.2. The van der Waals surface area contributed by atoms with Gasteiger partial charge in [-0.1, -0.05) is 28.1 Å². The molecule has 1 heterocycles. The predicted molar refractivity (Wildman–Crippen MR) is 102 cm³/mol. The average molecular weight is 438 g/mol. The molecule has 2 aromatic carbocycles. The molecule has 0 radical (unpaired) electrons. The molecule has 1 aliphatic rings. The molecule has 0 saturated heterocycles. The van der Waals surface area contributed by atoms with Crippen molar-refractivity contribution < 1.29 is 18.3 Å². The fourth-order valence-electron chi connectivity index (χ4n) is 2.53. The number of benzene rings is 2. The van der Waals surface area contributed by atoms with Gasteiger partial charge in [-0.3, -0.25) is 0 Å². The first-order chi connectivity index (χ1) is 12.5. The van der Waals surface area contributed by atoms with Crippen molar-refractivity contribution in [3.05, 3.63) is 58.1 Å². The second-order valence-electron chi connectivity index (χ2n) is 5.36. The van der Waals surface area contributed by atoms with E-state index in [9.17, 15) is 13.5 Å². The van der Waals surface area contributed by atoms with E-state index in [2.05, 4.69) is 25.4 Å². The summed E-state index contributed by atoms with van der Waals surface area (Å²) >= 11 is 3.39. The highest BCUT2D eigenvalue weighted by Crippen LogP contribution is 2.28. The summed E-state index contributed by atoms with van der Waals surface area (Å²) in [5, 5.41) is 15.1. The Morgan fingerprint density at radius 3 is 2.81 bits per heavy atom. The SMILES string of the molecule is COc1ccc(Br)cc1/C=N/N(CCO)C1=NS(=O)(=O)c2ccccc21. The number of methoxy groups -OCH3 is 1. The van der Waals surface area contributed by atoms with Gasteiger partial charge in [0.2, 0.25) is 0 Å². The van der Waals surface area contributed by atoms with Gasteiger partial charge in [-0.25, -0.2) is 5.01 Å². The Labute approximate surface area is 159 Å². The Morgan fingerprint density at radius 2 is 2.08 bits per heavy atom. The first kappa shape index (κ1) is 18.6. The minimum atomic E-state index is -3.76. The number of halogens is 1. The molecule has 0 fully saturated rings. The monoisotopic (exact) mass is 437 g/mol. The van der Waals surface area contributed by atoms with E-state index in [0.717, 1.165) is 4.47 Å². The number of hydrogen-bond acceptors (Lipinski definition) is 6. The fraction of sp³-hybridized carbons (Fsp3) is 0.176. The normalized spacial score (nSPS) is 15.0. The maximum Gasteiger partial charge on any atom is 0.285 e. The van der Waals surface area contributed by atoms with Gasteiger partial charge in [-0.05, 0) is 30.3 Å². The lowest BCUT2D eigenvalue weighted by molar-refractivity contribution is 0.254. The second kappa shape index (κ2) is 7.56. The van der Waals surface area contributed by atoms with Crippen LogP contribution in [0.25, 0.3) is 0 Å². The Morgan fingerprint density at radius 1 is 1.31 bits per heavy atom. The molecule has 7 nitrogen and oxygen atoms in total. The summed E-state index contributed by atoms with van der Waals surface area (Å²) in [7, 11) is -2.21. The molecular weight excluding hydrogens is 422 g/mol. The molecule has 0 aliphatic carbocycles. The van der Waals surface area contributed by atoms with Gasteiger partial charge in [0.1, 0.15) is 10.6 Å². The minimum absolute atomic E-state index is 0.0928. The summed E-state index contributed by atoms with van der Waals surface area (Å²) in [5.74, 6) is 0.794. The molecule has 0 spiro atoms. The van der Waals surface area contributed by atoms with Gasteiger partial charge in [0.25, 0.3) is 10.0 Å². The van der Waals surface area contributed by atoms with E-state index in [-0.39, 0.29) is 23.9 Å². The fourth-order valence-corrected chi connectivity index (χ4v) is 4.11. The van der Waals surface area contributed by atoms with Crippen LogP contribution in [0.15, 0.2) is 61.3 Å². The maximum atomic E-state index is 12.2. The number of sulfonamides is 1. The Kier molecular flexibility index (Phi) is 5.40. The zero-order chi connectivity index (χ0) is 18.7. The highest BCUT2D eigenvalue weighted by Gasteiger charge is 2.31. The van der Waals surface area contributed by atoms with Crippen molar-refractivity contribution in [2.45, 2.75) is 4.90 Å². The van der Waals surface area contributed by atoms with Crippen molar-refractivity contribution >= 4 is 38.0 Å². The first-order valence-electron chi connectivity index (χ1n) is 7.66. The summed E-state index contributed by atoms with van der Waals surface area (Å²) in [6.07, 6.45) is 1.54. The molecular formula is C17H16BrN3O4S. The zero-order valence-corrected chi connectivity index (χ0v) is 16.2. The van der Waals surface area contributed by atoms with Crippen LogP contribution < -0.4 is 4.74 Å². The third-order valence-corrected chi connectivity index (χ3v) is 5.52. The maximum absolute atomic E-state index is 12.2. The highest BCUT2D eigenvalue weighted by molar-refractivity contribution is 9.10. The average Bonchev–Trinajstić information content (AvgIpc) is 2.90. The molecule has 0 atom stereocenters. The van der Waals surface area contributed by atoms with E-state index < -0.39 is 10.0 Å². The number of hydrogen-bond donors (Lipinski definition) is 1. The van der Waals surface area contributed by atoms with Crippen molar-refractivity contribution in [2.24, 2.45) is 9.50 Å². The van der Waals surface area contributed by atoms with Gasteiger partial charge in [0, 0.05) is 15.6 Å². The predicted octanol–water partition coefficient (Wildman–Crippen LogP) is 2.24. The summed E-state index contributed by atoms with van der Waals surface area (Å²) in [4.78, 5) is 0.133. The largest absolute Gasteiger partial charge is 0.496 e. The number of aliphatic hydroxyl groups excluding tert-OH is 1. The van der Waals surface area contributed by atoms with Crippen LogP contribution in [0.1, 0.15) is 11.1 Å². The van der Waals surface area contributed by atoms with Crippen LogP contribution in [-0.4, -0.2) is 50.8 Å². The van der Waals surface area contributed by atoms with Crippen LogP contribution in [-0.2, 0) is 10.0 Å². The molecule has 26 heavy (non-hydrogen) atoms. The molecule has 136 valence electrons. The minimum Gasteiger partial charge on any atom is -0.496 e. The quantitative estimate of drug-likeness (QED) is 0.571. The number of ether oxygens (including phenoxy) is 1. The number of hydrazone groups is 1. The van der Waals surface area contributed by atoms with Gasteiger partial charge in [-0.15, -0.1) is 4.40 Å². The van der Waals surface area contributed by atoms with Crippen molar-refractivity contribution in [3.63, 3.8) is 0 Å². The zero-order valence-electron chi connectivity index (χ0n) is 13.8. The van der Waals surface area contributed by atoms with Gasteiger partial charge in [0.05, 0.1) is 26.5 Å². The molecule has 1 N–H and O–H groups in total. The van der Waals surface area contributed by atoms with Crippen LogP contribution in [0, 0.1) is 0 Å². The molecule has 1 aliphatic heterocycles. The van der Waals surface area contributed by atoms with Crippen molar-refractivity contribution in [2.75, 3.05) is 20.3 Å². The van der Waals surface area contributed by atoms with Crippen LogP contribution in [0.4, 0.5) is 0 Å². The van der Waals surface area contributed by atoms with E-state index in [1.54, 1.807) is 31.4 Å². The third kappa shape index (κ3) is 3.64. The molecule has 0 unspecified atom stereocenters. The van der Waals surface area contributed by atoms with Crippen LogP contribution in [0.2, 0.25) is 0 Å². The Hall–Kier alpha value is -2.23. The molecule has 0 amide bonds. The molecule has 0 aromatic heterocycles. The van der Waals surface area contributed by atoms with Gasteiger partial charge < -0.3 is 9.84 Å². The first-order valence-corrected chi connectivity index (χ1v) is 9.90. The van der Waals surface area contributed by atoms with Crippen molar-refractivity contribution in [1.29, 1.82) is 0 Å².